The minimum absolute atomic E-state index is 0.0397. The lowest BCUT2D eigenvalue weighted by molar-refractivity contribution is -0.130. The molecule has 2 aromatic carbocycles. The summed E-state index contributed by atoms with van der Waals surface area (Å²) in [6.45, 7) is 2.66. The third-order valence-corrected chi connectivity index (χ3v) is 5.77. The maximum absolute atomic E-state index is 12.6. The molecule has 0 bridgehead atoms. The second-order valence-electron chi connectivity index (χ2n) is 8.05. The van der Waals surface area contributed by atoms with Crippen molar-refractivity contribution in [2.75, 3.05) is 7.05 Å². The lowest BCUT2D eigenvalue weighted by atomic mass is 10.1. The molecule has 6 nitrogen and oxygen atoms in total. The number of ether oxygens (including phenoxy) is 1. The Morgan fingerprint density at radius 1 is 1.10 bits per heavy atom. The van der Waals surface area contributed by atoms with Crippen LogP contribution in [0, 0.1) is 0 Å². The van der Waals surface area contributed by atoms with Crippen molar-refractivity contribution in [3.8, 4) is 5.75 Å². The van der Waals surface area contributed by atoms with Crippen LogP contribution in [0.5, 0.6) is 5.75 Å². The summed E-state index contributed by atoms with van der Waals surface area (Å²) in [6, 6.07) is 12.1. The van der Waals surface area contributed by atoms with Gasteiger partial charge in [0.1, 0.15) is 11.9 Å². The maximum atomic E-state index is 12.6. The van der Waals surface area contributed by atoms with Gasteiger partial charge in [-0.2, -0.15) is 0 Å². The highest BCUT2D eigenvalue weighted by molar-refractivity contribution is 5.78. The van der Waals surface area contributed by atoms with E-state index in [1.54, 1.807) is 28.1 Å². The number of amides is 1. The Morgan fingerprint density at radius 3 is 2.62 bits per heavy atom. The van der Waals surface area contributed by atoms with E-state index in [0.717, 1.165) is 34.3 Å². The van der Waals surface area contributed by atoms with E-state index in [1.165, 1.54) is 5.56 Å². The van der Waals surface area contributed by atoms with E-state index in [-0.39, 0.29) is 17.7 Å². The summed E-state index contributed by atoms with van der Waals surface area (Å²) in [5.74, 6) is 1.07. The third-order valence-electron chi connectivity index (χ3n) is 5.77. The number of aromatic nitrogens is 2. The topological polar surface area (TPSA) is 56.5 Å². The molecule has 0 N–H and O–H groups in total. The Kier molecular flexibility index (Phi) is 4.94. The molecule has 6 heteroatoms. The SMILES string of the molecule is C[C@@H]1Cc2cc(CN(C)C(=O)CCc3ccc4c(c3)n(C)c(=O)n4C)ccc2O1. The summed E-state index contributed by atoms with van der Waals surface area (Å²) in [7, 11) is 5.39. The van der Waals surface area contributed by atoms with E-state index in [2.05, 4.69) is 13.0 Å². The first-order valence-electron chi connectivity index (χ1n) is 10.00. The van der Waals surface area contributed by atoms with E-state index < -0.39 is 0 Å². The van der Waals surface area contributed by atoms with Gasteiger partial charge in [-0.3, -0.25) is 13.9 Å². The van der Waals surface area contributed by atoms with Gasteiger partial charge in [0.15, 0.2) is 0 Å². The summed E-state index contributed by atoms with van der Waals surface area (Å²) in [4.78, 5) is 26.5. The molecule has 29 heavy (non-hydrogen) atoms. The van der Waals surface area contributed by atoms with Crippen LogP contribution < -0.4 is 10.4 Å². The van der Waals surface area contributed by atoms with Gasteiger partial charge in [0, 0.05) is 40.5 Å². The van der Waals surface area contributed by atoms with Crippen LogP contribution in [0.3, 0.4) is 0 Å². The van der Waals surface area contributed by atoms with Crippen LogP contribution in [-0.4, -0.2) is 33.1 Å². The molecule has 0 aliphatic carbocycles. The average molecular weight is 393 g/mol. The molecular weight excluding hydrogens is 366 g/mol. The standard InChI is InChI=1S/C23H27N3O3/c1-15-11-18-12-17(6-9-21(18)29-15)14-24(2)22(27)10-7-16-5-8-19-20(13-16)26(4)23(28)25(19)3/h5-6,8-9,12-13,15H,7,10-11,14H2,1-4H3/t15-/m1/s1. The van der Waals surface area contributed by atoms with Crippen LogP contribution in [0.25, 0.3) is 11.0 Å². The zero-order valence-electron chi connectivity index (χ0n) is 17.4. The second-order valence-corrected chi connectivity index (χ2v) is 8.05. The van der Waals surface area contributed by atoms with Gasteiger partial charge >= 0.3 is 5.69 Å². The largest absolute Gasteiger partial charge is 0.490 e. The van der Waals surface area contributed by atoms with E-state index in [0.29, 0.717) is 19.4 Å². The van der Waals surface area contributed by atoms with Crippen molar-refractivity contribution in [2.24, 2.45) is 14.1 Å². The lowest BCUT2D eigenvalue weighted by Crippen LogP contribution is -2.26. The van der Waals surface area contributed by atoms with Crippen LogP contribution in [0.2, 0.25) is 0 Å². The van der Waals surface area contributed by atoms with Crippen LogP contribution in [0.4, 0.5) is 0 Å². The number of imidazole rings is 1. The molecule has 0 spiro atoms. The zero-order chi connectivity index (χ0) is 20.7. The number of nitrogens with zero attached hydrogens (tertiary/aromatic N) is 3. The van der Waals surface area contributed by atoms with E-state index in [1.807, 2.05) is 37.4 Å². The number of benzene rings is 2. The lowest BCUT2D eigenvalue weighted by Gasteiger charge is -2.18. The van der Waals surface area contributed by atoms with Crippen molar-refractivity contribution >= 4 is 16.9 Å². The maximum Gasteiger partial charge on any atom is 0.328 e. The molecule has 4 rings (SSSR count). The van der Waals surface area contributed by atoms with Crippen molar-refractivity contribution in [1.82, 2.24) is 14.0 Å². The van der Waals surface area contributed by atoms with Gasteiger partial charge in [0.25, 0.3) is 0 Å². The fourth-order valence-electron chi connectivity index (χ4n) is 4.09. The Morgan fingerprint density at radius 2 is 1.83 bits per heavy atom. The first-order chi connectivity index (χ1) is 13.8. The highest BCUT2D eigenvalue weighted by Crippen LogP contribution is 2.29. The van der Waals surface area contributed by atoms with Crippen LogP contribution >= 0.6 is 0 Å². The van der Waals surface area contributed by atoms with Gasteiger partial charge in [-0.25, -0.2) is 4.79 Å². The van der Waals surface area contributed by atoms with Gasteiger partial charge in [0.2, 0.25) is 5.91 Å². The van der Waals surface area contributed by atoms with Crippen molar-refractivity contribution in [2.45, 2.75) is 38.8 Å². The molecule has 1 aliphatic rings. The minimum Gasteiger partial charge on any atom is -0.490 e. The third kappa shape index (κ3) is 3.67. The first-order valence-corrected chi connectivity index (χ1v) is 10.00. The smallest absolute Gasteiger partial charge is 0.328 e. The summed E-state index contributed by atoms with van der Waals surface area (Å²) in [6.07, 6.45) is 2.23. The molecular formula is C23H27N3O3. The normalized spacial score (nSPS) is 15.4. The molecule has 2 heterocycles. The molecule has 0 unspecified atom stereocenters. The number of carbonyl (C=O) groups excluding carboxylic acids is 1. The van der Waals surface area contributed by atoms with Gasteiger partial charge < -0.3 is 9.64 Å². The molecule has 1 atom stereocenters. The van der Waals surface area contributed by atoms with Crippen LogP contribution in [-0.2, 0) is 38.3 Å². The molecule has 1 amide bonds. The first kappa shape index (κ1) is 19.3. The summed E-state index contributed by atoms with van der Waals surface area (Å²) in [5, 5.41) is 0. The predicted octanol–water partition coefficient (Wildman–Crippen LogP) is 2.79. The van der Waals surface area contributed by atoms with E-state index >= 15 is 0 Å². The van der Waals surface area contributed by atoms with Crippen molar-refractivity contribution in [3.05, 3.63) is 63.6 Å². The molecule has 0 radical (unpaired) electrons. The molecule has 1 aromatic heterocycles. The quantitative estimate of drug-likeness (QED) is 0.670. The highest BCUT2D eigenvalue weighted by atomic mass is 16.5. The number of aryl methyl sites for hydroxylation is 3. The number of hydrogen-bond acceptors (Lipinski definition) is 3. The van der Waals surface area contributed by atoms with Gasteiger partial charge in [-0.1, -0.05) is 18.2 Å². The average Bonchev–Trinajstić information content (AvgIpc) is 3.18. The highest BCUT2D eigenvalue weighted by Gasteiger charge is 2.19. The van der Waals surface area contributed by atoms with Crippen LogP contribution in [0.1, 0.15) is 30.0 Å². The summed E-state index contributed by atoms with van der Waals surface area (Å²) >= 11 is 0. The fourth-order valence-corrected chi connectivity index (χ4v) is 4.09. The van der Waals surface area contributed by atoms with E-state index in [9.17, 15) is 9.59 Å². The van der Waals surface area contributed by atoms with Crippen molar-refractivity contribution in [3.63, 3.8) is 0 Å². The molecule has 0 saturated heterocycles. The summed E-state index contributed by atoms with van der Waals surface area (Å²) in [5.41, 5.74) is 5.16. The fraction of sp³-hybridized carbons (Fsp3) is 0.391. The molecule has 152 valence electrons. The zero-order valence-corrected chi connectivity index (χ0v) is 17.4. The van der Waals surface area contributed by atoms with Gasteiger partial charge in [0.05, 0.1) is 11.0 Å². The number of hydrogen-bond donors (Lipinski definition) is 0. The Bertz CT molecular complexity index is 1140. The van der Waals surface area contributed by atoms with Crippen LogP contribution in [0.15, 0.2) is 41.2 Å². The number of carbonyl (C=O) groups is 1. The number of rotatable bonds is 5. The van der Waals surface area contributed by atoms with Gasteiger partial charge in [-0.15, -0.1) is 0 Å². The van der Waals surface area contributed by atoms with Crippen molar-refractivity contribution < 1.29 is 9.53 Å². The molecule has 1 aliphatic heterocycles. The van der Waals surface area contributed by atoms with Crippen molar-refractivity contribution in [1.29, 1.82) is 0 Å². The second kappa shape index (κ2) is 7.43. The summed E-state index contributed by atoms with van der Waals surface area (Å²) < 4.78 is 9.03. The molecule has 0 fully saturated rings. The Labute approximate surface area is 170 Å². The number of fused-ring (bicyclic) bond motifs is 2. The molecule has 3 aromatic rings. The Balaban J connectivity index is 1.39. The Hall–Kier alpha value is -3.02. The monoisotopic (exact) mass is 393 g/mol. The van der Waals surface area contributed by atoms with E-state index in [4.69, 9.17) is 4.74 Å². The minimum atomic E-state index is -0.0397. The molecule has 0 saturated carbocycles. The van der Waals surface area contributed by atoms with Gasteiger partial charge in [-0.05, 0) is 48.2 Å². The predicted molar refractivity (Wildman–Crippen MR) is 113 cm³/mol.